The second-order valence-corrected chi connectivity index (χ2v) is 6.72. The molecule has 0 aromatic carbocycles. The minimum Gasteiger partial charge on any atom is -0.338 e. The van der Waals surface area contributed by atoms with E-state index in [1.807, 2.05) is 4.90 Å². The van der Waals surface area contributed by atoms with E-state index in [0.29, 0.717) is 31.2 Å². The highest BCUT2D eigenvalue weighted by Gasteiger charge is 2.33. The number of hydrogen-bond acceptors (Lipinski definition) is 4. The normalized spacial score (nSPS) is 18.4. The fourth-order valence-electron chi connectivity index (χ4n) is 2.83. The lowest BCUT2D eigenvalue weighted by molar-refractivity contribution is 0.0786. The van der Waals surface area contributed by atoms with Crippen LogP contribution in [-0.2, 0) is 0 Å². The standard InChI is InChI=1S/C15H24N6O2/c1-11(2)7-16-15(23)20-8-12(9-20)21-10-13(17-18-21)14(22)19-5-3-4-6-19/h10-12H,3-9H2,1-2H3,(H,16,23). The van der Waals surface area contributed by atoms with Crippen LogP contribution < -0.4 is 5.32 Å². The molecule has 1 aromatic heterocycles. The van der Waals surface area contributed by atoms with Gasteiger partial charge in [0.1, 0.15) is 0 Å². The third-order valence-corrected chi connectivity index (χ3v) is 4.31. The number of rotatable bonds is 4. The maximum atomic E-state index is 12.2. The Bertz CT molecular complexity index is 572. The van der Waals surface area contributed by atoms with Gasteiger partial charge in [-0.15, -0.1) is 5.10 Å². The highest BCUT2D eigenvalue weighted by Crippen LogP contribution is 2.21. The molecule has 23 heavy (non-hydrogen) atoms. The molecule has 3 amide bonds. The molecule has 126 valence electrons. The number of carbonyl (C=O) groups is 2. The van der Waals surface area contributed by atoms with E-state index in [2.05, 4.69) is 29.5 Å². The second kappa shape index (κ2) is 6.55. The van der Waals surface area contributed by atoms with Gasteiger partial charge < -0.3 is 15.1 Å². The number of hydrogen-bond donors (Lipinski definition) is 1. The van der Waals surface area contributed by atoms with Gasteiger partial charge >= 0.3 is 6.03 Å². The van der Waals surface area contributed by atoms with Gasteiger partial charge in [-0.2, -0.15) is 0 Å². The summed E-state index contributed by atoms with van der Waals surface area (Å²) in [5, 5.41) is 11.0. The molecule has 2 saturated heterocycles. The summed E-state index contributed by atoms with van der Waals surface area (Å²) in [5.74, 6) is 0.394. The largest absolute Gasteiger partial charge is 0.338 e. The zero-order valence-electron chi connectivity index (χ0n) is 13.7. The quantitative estimate of drug-likeness (QED) is 0.887. The predicted octanol–water partition coefficient (Wildman–Crippen LogP) is 0.736. The molecule has 0 aliphatic carbocycles. The SMILES string of the molecule is CC(C)CNC(=O)N1CC(n2cc(C(=O)N3CCCC3)nn2)C1. The van der Waals surface area contributed by atoms with E-state index >= 15 is 0 Å². The molecule has 1 aromatic rings. The van der Waals surface area contributed by atoms with Crippen molar-refractivity contribution in [3.63, 3.8) is 0 Å². The number of urea groups is 1. The molecule has 0 atom stereocenters. The van der Waals surface area contributed by atoms with Crippen LogP contribution in [0, 0.1) is 5.92 Å². The van der Waals surface area contributed by atoms with Gasteiger partial charge in [-0.05, 0) is 18.8 Å². The van der Waals surface area contributed by atoms with Crippen LogP contribution in [0.5, 0.6) is 0 Å². The van der Waals surface area contributed by atoms with Gasteiger partial charge in [0, 0.05) is 32.7 Å². The Labute approximate surface area is 135 Å². The summed E-state index contributed by atoms with van der Waals surface area (Å²) < 4.78 is 1.70. The average Bonchev–Trinajstić information content (AvgIpc) is 3.14. The zero-order chi connectivity index (χ0) is 16.4. The van der Waals surface area contributed by atoms with Crippen LogP contribution in [0.15, 0.2) is 6.20 Å². The van der Waals surface area contributed by atoms with Crippen LogP contribution in [0.1, 0.15) is 43.2 Å². The minimum absolute atomic E-state index is 0.0385. The Morgan fingerprint density at radius 3 is 2.61 bits per heavy atom. The van der Waals surface area contributed by atoms with E-state index in [9.17, 15) is 9.59 Å². The van der Waals surface area contributed by atoms with Crippen molar-refractivity contribution in [2.75, 3.05) is 32.7 Å². The summed E-state index contributed by atoms with van der Waals surface area (Å²) in [6.45, 7) is 7.62. The lowest BCUT2D eigenvalue weighted by atomic mass is 10.1. The molecule has 0 bridgehead atoms. The Hall–Kier alpha value is -2.12. The highest BCUT2D eigenvalue weighted by molar-refractivity contribution is 5.92. The molecule has 3 heterocycles. The van der Waals surface area contributed by atoms with Gasteiger partial charge in [0.05, 0.1) is 12.2 Å². The third kappa shape index (κ3) is 3.46. The van der Waals surface area contributed by atoms with Crippen molar-refractivity contribution in [2.45, 2.75) is 32.7 Å². The average molecular weight is 320 g/mol. The van der Waals surface area contributed by atoms with E-state index in [1.165, 1.54) is 0 Å². The minimum atomic E-state index is -0.0420. The third-order valence-electron chi connectivity index (χ3n) is 4.31. The number of nitrogens with one attached hydrogen (secondary N) is 1. The lowest BCUT2D eigenvalue weighted by Crippen LogP contribution is -2.54. The maximum absolute atomic E-state index is 12.2. The van der Waals surface area contributed by atoms with Crippen molar-refractivity contribution in [3.05, 3.63) is 11.9 Å². The summed E-state index contributed by atoms with van der Waals surface area (Å²) in [7, 11) is 0. The smallest absolute Gasteiger partial charge is 0.317 e. The van der Waals surface area contributed by atoms with E-state index < -0.39 is 0 Å². The monoisotopic (exact) mass is 320 g/mol. The van der Waals surface area contributed by atoms with E-state index in [1.54, 1.807) is 15.8 Å². The van der Waals surface area contributed by atoms with Gasteiger partial charge in [-0.25, -0.2) is 9.48 Å². The topological polar surface area (TPSA) is 83.4 Å². The number of nitrogens with zero attached hydrogens (tertiary/aromatic N) is 5. The summed E-state index contributed by atoms with van der Waals surface area (Å²) in [5.41, 5.74) is 0.398. The number of carbonyl (C=O) groups excluding carboxylic acids is 2. The number of aromatic nitrogens is 3. The van der Waals surface area contributed by atoms with Crippen molar-refractivity contribution < 1.29 is 9.59 Å². The van der Waals surface area contributed by atoms with Crippen molar-refractivity contribution in [1.29, 1.82) is 0 Å². The van der Waals surface area contributed by atoms with Gasteiger partial charge in [0.2, 0.25) is 0 Å². The van der Waals surface area contributed by atoms with Crippen molar-refractivity contribution >= 4 is 11.9 Å². The van der Waals surface area contributed by atoms with Gasteiger partial charge in [0.15, 0.2) is 5.69 Å². The van der Waals surface area contributed by atoms with E-state index in [-0.39, 0.29) is 18.0 Å². The van der Waals surface area contributed by atoms with Crippen molar-refractivity contribution in [1.82, 2.24) is 30.1 Å². The molecular weight excluding hydrogens is 296 g/mol. The summed E-state index contributed by atoms with van der Waals surface area (Å²) in [6.07, 6.45) is 3.82. The van der Waals surface area contributed by atoms with Crippen LogP contribution in [-0.4, -0.2) is 69.5 Å². The summed E-state index contributed by atoms with van der Waals surface area (Å²) in [4.78, 5) is 27.7. The first-order valence-corrected chi connectivity index (χ1v) is 8.28. The Morgan fingerprint density at radius 2 is 1.96 bits per heavy atom. The first-order chi connectivity index (χ1) is 11.0. The molecular formula is C15H24N6O2. The molecule has 8 nitrogen and oxygen atoms in total. The molecule has 8 heteroatoms. The molecule has 2 fully saturated rings. The number of likely N-dealkylation sites (tertiary alicyclic amines) is 2. The highest BCUT2D eigenvalue weighted by atomic mass is 16.2. The van der Waals surface area contributed by atoms with Crippen LogP contribution in [0.25, 0.3) is 0 Å². The van der Waals surface area contributed by atoms with Gasteiger partial charge in [0.25, 0.3) is 5.91 Å². The molecule has 0 saturated carbocycles. The van der Waals surface area contributed by atoms with E-state index in [4.69, 9.17) is 0 Å². The molecule has 2 aliphatic rings. The second-order valence-electron chi connectivity index (χ2n) is 6.72. The van der Waals surface area contributed by atoms with Crippen LogP contribution in [0.2, 0.25) is 0 Å². The predicted molar refractivity (Wildman–Crippen MR) is 84.0 cm³/mol. The molecule has 2 aliphatic heterocycles. The zero-order valence-corrected chi connectivity index (χ0v) is 13.7. The maximum Gasteiger partial charge on any atom is 0.317 e. The molecule has 3 rings (SSSR count). The molecule has 1 N–H and O–H groups in total. The molecule has 0 unspecified atom stereocenters. The summed E-state index contributed by atoms with van der Waals surface area (Å²) in [6, 6.07) is 0.0656. The Balaban J connectivity index is 1.50. The fraction of sp³-hybridized carbons (Fsp3) is 0.733. The first kappa shape index (κ1) is 15.8. The van der Waals surface area contributed by atoms with Crippen molar-refractivity contribution in [2.24, 2.45) is 5.92 Å². The van der Waals surface area contributed by atoms with Crippen LogP contribution >= 0.6 is 0 Å². The van der Waals surface area contributed by atoms with Crippen LogP contribution in [0.4, 0.5) is 4.79 Å². The molecule has 0 radical (unpaired) electrons. The Kier molecular flexibility index (Phi) is 4.49. The van der Waals surface area contributed by atoms with Crippen LogP contribution in [0.3, 0.4) is 0 Å². The molecule has 0 spiro atoms. The number of amides is 3. The van der Waals surface area contributed by atoms with Gasteiger partial charge in [-0.1, -0.05) is 19.1 Å². The summed E-state index contributed by atoms with van der Waals surface area (Å²) >= 11 is 0. The fourth-order valence-corrected chi connectivity index (χ4v) is 2.83. The lowest BCUT2D eigenvalue weighted by Gasteiger charge is -2.38. The first-order valence-electron chi connectivity index (χ1n) is 8.28. The Morgan fingerprint density at radius 1 is 1.26 bits per heavy atom. The van der Waals surface area contributed by atoms with Gasteiger partial charge in [-0.3, -0.25) is 4.79 Å². The van der Waals surface area contributed by atoms with E-state index in [0.717, 1.165) is 25.9 Å². The van der Waals surface area contributed by atoms with Crippen molar-refractivity contribution in [3.8, 4) is 0 Å².